The van der Waals surface area contributed by atoms with Crippen LogP contribution in [-0.2, 0) is 6.42 Å². The number of thiophene rings is 1. The van der Waals surface area contributed by atoms with E-state index in [-0.39, 0.29) is 12.7 Å². The van der Waals surface area contributed by atoms with E-state index < -0.39 is 24.0 Å². The van der Waals surface area contributed by atoms with Crippen LogP contribution in [0.1, 0.15) is 23.8 Å². The van der Waals surface area contributed by atoms with Crippen molar-refractivity contribution in [2.24, 2.45) is 4.99 Å². The molecule has 162 valence electrons. The molecule has 0 radical (unpaired) electrons. The Labute approximate surface area is 182 Å². The number of alkyl halides is 3. The third-order valence-electron chi connectivity index (χ3n) is 5.06. The van der Waals surface area contributed by atoms with Crippen LogP contribution < -0.4 is 4.90 Å². The second-order valence-electron chi connectivity index (χ2n) is 7.35. The van der Waals surface area contributed by atoms with Crippen molar-refractivity contribution in [1.29, 1.82) is 0 Å². The minimum absolute atomic E-state index is 0.138. The van der Waals surface area contributed by atoms with E-state index in [4.69, 9.17) is 1.37 Å². The zero-order valence-electron chi connectivity index (χ0n) is 17.5. The summed E-state index contributed by atoms with van der Waals surface area (Å²) in [6, 6.07) is 12.6. The Morgan fingerprint density at radius 3 is 2.42 bits per heavy atom. The quantitative estimate of drug-likeness (QED) is 0.391. The average molecular weight is 451 g/mol. The number of aliphatic imine (C=N–C) groups is 1. The van der Waals surface area contributed by atoms with Gasteiger partial charge < -0.3 is 4.90 Å². The molecule has 4 rings (SSSR count). The minimum Gasteiger partial charge on any atom is -0.334 e. The van der Waals surface area contributed by atoms with Crippen molar-refractivity contribution >= 4 is 22.5 Å². The van der Waals surface area contributed by atoms with Crippen LogP contribution in [0.4, 0.5) is 27.0 Å². The summed E-state index contributed by atoms with van der Waals surface area (Å²) in [6.07, 6.45) is -5.98. The van der Waals surface area contributed by atoms with Gasteiger partial charge in [0.15, 0.2) is 11.6 Å². The molecule has 2 aromatic carbocycles. The molecular weight excluding hydrogens is 431 g/mol. The fourth-order valence-electron chi connectivity index (χ4n) is 3.57. The molecule has 0 aliphatic carbocycles. The second-order valence-corrected chi connectivity index (χ2v) is 8.59. The molecule has 31 heavy (non-hydrogen) atoms. The van der Waals surface area contributed by atoms with E-state index in [1.165, 1.54) is 22.3 Å². The van der Waals surface area contributed by atoms with Gasteiger partial charge in [0.25, 0.3) is 0 Å². The molecular formula is C23H19F5N2S. The first-order valence-electron chi connectivity index (χ1n) is 10.2. The van der Waals surface area contributed by atoms with Crippen LogP contribution in [0.25, 0.3) is 11.1 Å². The summed E-state index contributed by atoms with van der Waals surface area (Å²) in [5, 5.41) is 0.429. The smallest absolute Gasteiger partial charge is 0.334 e. The lowest BCUT2D eigenvalue weighted by molar-refractivity contribution is -0.146. The van der Waals surface area contributed by atoms with Crippen LogP contribution in [0.15, 0.2) is 53.5 Å². The zero-order chi connectivity index (χ0) is 23.0. The predicted octanol–water partition coefficient (Wildman–Crippen LogP) is 6.76. The maximum Gasteiger partial charge on any atom is 0.429 e. The average Bonchev–Trinajstić information content (AvgIpc) is 3.13. The number of fused-ring (bicyclic) bond motifs is 1. The molecule has 0 N–H and O–H groups in total. The van der Waals surface area contributed by atoms with E-state index >= 15 is 0 Å². The summed E-state index contributed by atoms with van der Waals surface area (Å²) in [5.74, 6) is -1.83. The van der Waals surface area contributed by atoms with Crippen LogP contribution in [0.2, 0.25) is 0 Å². The molecule has 2 heterocycles. The van der Waals surface area contributed by atoms with Crippen LogP contribution in [0.5, 0.6) is 0 Å². The van der Waals surface area contributed by atoms with Gasteiger partial charge in [0.2, 0.25) is 6.17 Å². The molecule has 1 aliphatic rings. The van der Waals surface area contributed by atoms with Crippen LogP contribution in [0.3, 0.4) is 0 Å². The lowest BCUT2D eigenvalue weighted by Gasteiger charge is -2.34. The number of benzene rings is 2. The van der Waals surface area contributed by atoms with Gasteiger partial charge >= 0.3 is 6.18 Å². The van der Waals surface area contributed by atoms with Gasteiger partial charge in [-0.3, -0.25) is 4.99 Å². The van der Waals surface area contributed by atoms with E-state index in [9.17, 15) is 22.0 Å². The van der Waals surface area contributed by atoms with Crippen molar-refractivity contribution in [2.45, 2.75) is 32.1 Å². The summed E-state index contributed by atoms with van der Waals surface area (Å²) in [4.78, 5) is 5.67. The second kappa shape index (κ2) is 8.42. The highest BCUT2D eigenvalue weighted by atomic mass is 32.1. The molecule has 8 heteroatoms. The van der Waals surface area contributed by atoms with E-state index in [1.54, 1.807) is 25.1 Å². The molecule has 0 bridgehead atoms. The summed E-state index contributed by atoms with van der Waals surface area (Å²) in [6.45, 7) is 1.93. The summed E-state index contributed by atoms with van der Waals surface area (Å²) in [5.41, 5.74) is 2.62. The van der Waals surface area contributed by atoms with Crippen molar-refractivity contribution in [3.8, 4) is 11.1 Å². The van der Waals surface area contributed by atoms with Crippen molar-refractivity contribution < 1.29 is 23.3 Å². The number of aryl methyl sites for hydroxylation is 2. The Morgan fingerprint density at radius 1 is 1.03 bits per heavy atom. The number of hydrogen-bond acceptors (Lipinski definition) is 3. The fraction of sp³-hybridized carbons (Fsp3) is 0.261. The van der Waals surface area contributed by atoms with E-state index in [1.807, 2.05) is 12.1 Å². The first kappa shape index (κ1) is 20.2. The summed E-state index contributed by atoms with van der Waals surface area (Å²) < 4.78 is 75.2. The van der Waals surface area contributed by atoms with Gasteiger partial charge in [-0.25, -0.2) is 8.78 Å². The first-order chi connectivity index (χ1) is 15.1. The third kappa shape index (κ3) is 4.63. The standard InChI is InChI=1S/C23H19F5N2S/c1-14-11-18-13-29-22(23(26,27)28)30(21(18)31-14)10-2-3-15-4-6-16(7-5-15)17-8-9-19(24)20(25)12-17/h4-9,11-13,22H,2-3,10H2,1H3/i13D. The lowest BCUT2D eigenvalue weighted by atomic mass is 10.0. The molecule has 1 aromatic heterocycles. The first-order valence-corrected chi connectivity index (χ1v) is 10.5. The number of halogens is 5. The number of nitrogens with zero attached hydrogens (tertiary/aromatic N) is 2. The van der Waals surface area contributed by atoms with Crippen molar-refractivity contribution in [1.82, 2.24) is 0 Å². The van der Waals surface area contributed by atoms with E-state index in [0.717, 1.165) is 28.1 Å². The van der Waals surface area contributed by atoms with E-state index in [0.29, 0.717) is 29.0 Å². The highest BCUT2D eigenvalue weighted by molar-refractivity contribution is 7.16. The molecule has 0 saturated carbocycles. The molecule has 1 aliphatic heterocycles. The fourth-order valence-corrected chi connectivity index (χ4v) is 4.58. The van der Waals surface area contributed by atoms with Gasteiger partial charge in [0, 0.05) is 23.2 Å². The lowest BCUT2D eigenvalue weighted by Crippen LogP contribution is -2.46. The Bertz CT molecular complexity index is 1150. The van der Waals surface area contributed by atoms with Crippen molar-refractivity contribution in [3.05, 3.63) is 76.2 Å². The summed E-state index contributed by atoms with van der Waals surface area (Å²) in [7, 11) is 0. The van der Waals surface area contributed by atoms with Crippen LogP contribution >= 0.6 is 11.3 Å². The predicted molar refractivity (Wildman–Crippen MR) is 114 cm³/mol. The largest absolute Gasteiger partial charge is 0.429 e. The molecule has 0 fully saturated rings. The SMILES string of the molecule is [2H]C1=NC(C(F)(F)F)N(CCCc2ccc(-c3ccc(F)c(F)c3)cc2)c2sc(C)cc21. The Kier molecular flexibility index (Phi) is 5.48. The molecule has 0 saturated heterocycles. The molecule has 0 spiro atoms. The highest BCUT2D eigenvalue weighted by Crippen LogP contribution is 2.39. The Hall–Kier alpha value is -2.74. The molecule has 0 amide bonds. The molecule has 1 unspecified atom stereocenters. The number of hydrogen-bond donors (Lipinski definition) is 0. The van der Waals surface area contributed by atoms with Gasteiger partial charge in [-0.2, -0.15) is 13.2 Å². The molecule has 1 atom stereocenters. The van der Waals surface area contributed by atoms with Gasteiger partial charge in [0.1, 0.15) is 5.00 Å². The topological polar surface area (TPSA) is 15.6 Å². The van der Waals surface area contributed by atoms with Crippen LogP contribution in [0, 0.1) is 18.6 Å². The normalized spacial score (nSPS) is 16.7. The monoisotopic (exact) mass is 451 g/mol. The van der Waals surface area contributed by atoms with Gasteiger partial charge in [-0.1, -0.05) is 30.3 Å². The molecule has 2 nitrogen and oxygen atoms in total. The minimum atomic E-state index is -4.58. The zero-order valence-corrected chi connectivity index (χ0v) is 17.3. The van der Waals surface area contributed by atoms with Crippen molar-refractivity contribution in [2.75, 3.05) is 11.4 Å². The Morgan fingerprint density at radius 2 is 1.74 bits per heavy atom. The van der Waals surface area contributed by atoms with Crippen LogP contribution in [-0.4, -0.2) is 25.1 Å². The number of anilines is 1. The van der Waals surface area contributed by atoms with Gasteiger partial charge in [-0.15, -0.1) is 11.3 Å². The van der Waals surface area contributed by atoms with E-state index in [2.05, 4.69) is 4.99 Å². The maximum atomic E-state index is 13.6. The third-order valence-corrected chi connectivity index (χ3v) is 6.15. The Balaban J connectivity index is 1.46. The van der Waals surface area contributed by atoms with Gasteiger partial charge in [-0.05, 0) is 54.7 Å². The van der Waals surface area contributed by atoms with Gasteiger partial charge in [0.05, 0.1) is 1.37 Å². The maximum absolute atomic E-state index is 13.6. The number of rotatable bonds is 5. The van der Waals surface area contributed by atoms with Crippen molar-refractivity contribution in [3.63, 3.8) is 0 Å². The summed E-state index contributed by atoms with van der Waals surface area (Å²) >= 11 is 1.24. The molecule has 3 aromatic rings. The highest BCUT2D eigenvalue weighted by Gasteiger charge is 2.45.